The number of allylic oxidation sites excluding steroid dienone is 1. The Morgan fingerprint density at radius 1 is 1.56 bits per heavy atom. The minimum Gasteiger partial charge on any atom is -0.468 e. The molecule has 0 aliphatic heterocycles. The Bertz CT molecular complexity index is 394. The molecule has 0 aromatic carbocycles. The van der Waals surface area contributed by atoms with Crippen LogP contribution >= 0.6 is 0 Å². The number of nitrogens with zero attached hydrogens (tertiary/aromatic N) is 1. The van der Waals surface area contributed by atoms with E-state index in [0.717, 1.165) is 17.8 Å². The van der Waals surface area contributed by atoms with E-state index >= 15 is 0 Å². The van der Waals surface area contributed by atoms with Crippen molar-refractivity contribution in [1.82, 2.24) is 10.2 Å². The number of furan rings is 1. The summed E-state index contributed by atoms with van der Waals surface area (Å²) in [5.41, 5.74) is 0.759. The van der Waals surface area contributed by atoms with Crippen molar-refractivity contribution in [3.05, 3.63) is 35.8 Å². The molecule has 1 aromatic rings. The molecule has 4 nitrogen and oxygen atoms in total. The molecule has 0 saturated heterocycles. The van der Waals surface area contributed by atoms with Crippen LogP contribution in [-0.2, 0) is 4.79 Å². The first-order valence-electron chi connectivity index (χ1n) is 6.21. The maximum absolute atomic E-state index is 11.8. The third-order valence-corrected chi connectivity index (χ3v) is 2.82. The molecule has 1 atom stereocenters. The molecule has 0 bridgehead atoms. The van der Waals surface area contributed by atoms with Crippen molar-refractivity contribution in [3.63, 3.8) is 0 Å². The number of hydrogen-bond donors (Lipinski definition) is 1. The van der Waals surface area contributed by atoms with Gasteiger partial charge in [-0.15, -0.1) is 0 Å². The monoisotopic (exact) mass is 250 g/mol. The van der Waals surface area contributed by atoms with Crippen LogP contribution in [0.4, 0.5) is 0 Å². The molecule has 100 valence electrons. The van der Waals surface area contributed by atoms with Crippen LogP contribution in [0.2, 0.25) is 0 Å². The average molecular weight is 250 g/mol. The summed E-state index contributed by atoms with van der Waals surface area (Å²) in [7, 11) is 3.93. The summed E-state index contributed by atoms with van der Waals surface area (Å²) < 4.78 is 5.39. The molecule has 0 saturated carbocycles. The van der Waals surface area contributed by atoms with Crippen LogP contribution in [0.25, 0.3) is 0 Å². The Morgan fingerprint density at radius 3 is 2.78 bits per heavy atom. The first-order chi connectivity index (χ1) is 8.56. The van der Waals surface area contributed by atoms with Crippen molar-refractivity contribution >= 4 is 5.91 Å². The molecule has 0 aliphatic rings. The maximum atomic E-state index is 11.8. The van der Waals surface area contributed by atoms with Crippen LogP contribution in [0, 0.1) is 0 Å². The third kappa shape index (κ3) is 4.04. The zero-order chi connectivity index (χ0) is 13.5. The molecule has 0 spiro atoms. The molecule has 18 heavy (non-hydrogen) atoms. The molecule has 4 heteroatoms. The van der Waals surface area contributed by atoms with E-state index in [-0.39, 0.29) is 11.9 Å². The Morgan fingerprint density at radius 2 is 2.28 bits per heavy atom. The van der Waals surface area contributed by atoms with E-state index in [9.17, 15) is 4.79 Å². The lowest BCUT2D eigenvalue weighted by molar-refractivity contribution is -0.117. The molecular weight excluding hydrogens is 228 g/mol. The number of carbonyl (C=O) groups is 1. The number of likely N-dealkylation sites (N-methyl/N-ethyl adjacent to an activating group) is 1. The average Bonchev–Trinajstić information content (AvgIpc) is 2.82. The number of carbonyl (C=O) groups excluding carboxylic acids is 1. The van der Waals surface area contributed by atoms with Crippen LogP contribution in [0.3, 0.4) is 0 Å². The zero-order valence-electron chi connectivity index (χ0n) is 11.6. The molecule has 1 heterocycles. The standard InChI is InChI=1S/C14H22N2O2/c1-5-7-11(2)14(17)15-10-12(16(3)4)13-8-6-9-18-13/h6-9,12H,5,10H2,1-4H3,(H,15,17)/b11-7+. The van der Waals surface area contributed by atoms with Gasteiger partial charge in [0.15, 0.2) is 0 Å². The SMILES string of the molecule is CC/C=C(\C)C(=O)NCC(c1ccco1)N(C)C. The first-order valence-corrected chi connectivity index (χ1v) is 6.21. The summed E-state index contributed by atoms with van der Waals surface area (Å²) in [6.07, 6.45) is 4.44. The molecule has 1 unspecified atom stereocenters. The first kappa shape index (κ1) is 14.5. The molecule has 0 radical (unpaired) electrons. The van der Waals surface area contributed by atoms with E-state index in [0.29, 0.717) is 6.54 Å². The van der Waals surface area contributed by atoms with Gasteiger partial charge in [-0.25, -0.2) is 0 Å². The Kier molecular flexibility index (Phi) is 5.65. The van der Waals surface area contributed by atoms with Crippen LogP contribution in [-0.4, -0.2) is 31.4 Å². The van der Waals surface area contributed by atoms with Crippen molar-refractivity contribution in [3.8, 4) is 0 Å². The summed E-state index contributed by atoms with van der Waals surface area (Å²) in [6, 6.07) is 3.83. The van der Waals surface area contributed by atoms with Gasteiger partial charge in [0.05, 0.1) is 12.3 Å². The lowest BCUT2D eigenvalue weighted by atomic mass is 10.2. The normalized spacial score (nSPS) is 13.7. The summed E-state index contributed by atoms with van der Waals surface area (Å²) in [5, 5.41) is 2.93. The molecule has 1 amide bonds. The molecule has 1 N–H and O–H groups in total. The lowest BCUT2D eigenvalue weighted by Crippen LogP contribution is -2.34. The number of nitrogens with one attached hydrogen (secondary N) is 1. The van der Waals surface area contributed by atoms with Crippen LogP contribution < -0.4 is 5.32 Å². The van der Waals surface area contributed by atoms with Crippen LogP contribution in [0.15, 0.2) is 34.5 Å². The molecule has 1 rings (SSSR count). The molecule has 0 aliphatic carbocycles. The van der Waals surface area contributed by atoms with Crippen molar-refractivity contribution in [2.24, 2.45) is 0 Å². The Balaban J connectivity index is 2.59. The Labute approximate surface area is 109 Å². The topological polar surface area (TPSA) is 45.5 Å². The summed E-state index contributed by atoms with van der Waals surface area (Å²) in [4.78, 5) is 13.8. The van der Waals surface area contributed by atoms with Gasteiger partial charge in [-0.2, -0.15) is 0 Å². The van der Waals surface area contributed by atoms with Crippen molar-refractivity contribution in [2.75, 3.05) is 20.6 Å². The van der Waals surface area contributed by atoms with E-state index in [1.54, 1.807) is 6.26 Å². The third-order valence-electron chi connectivity index (χ3n) is 2.82. The maximum Gasteiger partial charge on any atom is 0.246 e. The van der Waals surface area contributed by atoms with Crippen LogP contribution in [0.1, 0.15) is 32.1 Å². The van der Waals surface area contributed by atoms with Gasteiger partial charge in [0, 0.05) is 12.1 Å². The predicted octanol–water partition coefficient (Wildman–Crippen LogP) is 2.35. The van der Waals surface area contributed by atoms with Gasteiger partial charge in [0.2, 0.25) is 5.91 Å². The second-order valence-electron chi connectivity index (χ2n) is 4.50. The van der Waals surface area contributed by atoms with E-state index in [4.69, 9.17) is 4.42 Å². The lowest BCUT2D eigenvalue weighted by Gasteiger charge is -2.22. The summed E-state index contributed by atoms with van der Waals surface area (Å²) >= 11 is 0. The fourth-order valence-electron chi connectivity index (χ4n) is 1.75. The van der Waals surface area contributed by atoms with Gasteiger partial charge >= 0.3 is 0 Å². The fourth-order valence-corrected chi connectivity index (χ4v) is 1.75. The van der Waals surface area contributed by atoms with Gasteiger partial charge in [-0.1, -0.05) is 13.0 Å². The van der Waals surface area contributed by atoms with Gasteiger partial charge in [-0.05, 0) is 39.6 Å². The van der Waals surface area contributed by atoms with Crippen molar-refractivity contribution in [1.29, 1.82) is 0 Å². The smallest absolute Gasteiger partial charge is 0.246 e. The van der Waals surface area contributed by atoms with E-state index < -0.39 is 0 Å². The highest BCUT2D eigenvalue weighted by Crippen LogP contribution is 2.17. The highest BCUT2D eigenvalue weighted by Gasteiger charge is 2.17. The fraction of sp³-hybridized carbons (Fsp3) is 0.500. The van der Waals surface area contributed by atoms with Crippen molar-refractivity contribution in [2.45, 2.75) is 26.3 Å². The molecule has 1 aromatic heterocycles. The second kappa shape index (κ2) is 7.01. The van der Waals surface area contributed by atoms with E-state index in [1.165, 1.54) is 0 Å². The summed E-state index contributed by atoms with van der Waals surface area (Å²) in [5.74, 6) is 0.840. The van der Waals surface area contributed by atoms with Gasteiger partial charge in [-0.3, -0.25) is 9.69 Å². The molecule has 0 fully saturated rings. The number of hydrogen-bond acceptors (Lipinski definition) is 3. The highest BCUT2D eigenvalue weighted by molar-refractivity contribution is 5.92. The van der Waals surface area contributed by atoms with E-state index in [2.05, 4.69) is 5.32 Å². The minimum absolute atomic E-state index is 0.0183. The second-order valence-corrected chi connectivity index (χ2v) is 4.50. The van der Waals surface area contributed by atoms with Gasteiger partial charge < -0.3 is 9.73 Å². The van der Waals surface area contributed by atoms with Gasteiger partial charge in [0.25, 0.3) is 0 Å². The highest BCUT2D eigenvalue weighted by atomic mass is 16.3. The zero-order valence-corrected chi connectivity index (χ0v) is 11.6. The van der Waals surface area contributed by atoms with Gasteiger partial charge in [0.1, 0.15) is 5.76 Å². The van der Waals surface area contributed by atoms with Crippen LogP contribution in [0.5, 0.6) is 0 Å². The number of amides is 1. The molecular formula is C14H22N2O2. The quantitative estimate of drug-likeness (QED) is 0.788. The minimum atomic E-state index is -0.0183. The predicted molar refractivity (Wildman–Crippen MR) is 72.2 cm³/mol. The largest absolute Gasteiger partial charge is 0.468 e. The van der Waals surface area contributed by atoms with Crippen molar-refractivity contribution < 1.29 is 9.21 Å². The Hall–Kier alpha value is -1.55. The number of rotatable bonds is 6. The van der Waals surface area contributed by atoms with E-state index in [1.807, 2.05) is 51.1 Å². The summed E-state index contributed by atoms with van der Waals surface area (Å²) in [6.45, 7) is 4.38.